The third-order valence-corrected chi connectivity index (χ3v) is 2.29. The van der Waals surface area contributed by atoms with Gasteiger partial charge in [-0.3, -0.25) is 5.41 Å². The van der Waals surface area contributed by atoms with Crippen molar-refractivity contribution in [3.8, 4) is 0 Å². The van der Waals surface area contributed by atoms with Crippen LogP contribution in [-0.2, 0) is 0 Å². The van der Waals surface area contributed by atoms with Crippen LogP contribution in [0.4, 0.5) is 0 Å². The zero-order valence-electron chi connectivity index (χ0n) is 8.44. The Kier molecular flexibility index (Phi) is 3.17. The third kappa shape index (κ3) is 2.58. The highest BCUT2D eigenvalue weighted by atomic mass is 35.5. The van der Waals surface area contributed by atoms with Gasteiger partial charge in [0.2, 0.25) is 0 Å². The van der Waals surface area contributed by atoms with Gasteiger partial charge < -0.3 is 4.98 Å². The van der Waals surface area contributed by atoms with Gasteiger partial charge in [-0.2, -0.15) is 0 Å². The Balaban J connectivity index is 2.31. The predicted molar refractivity (Wildman–Crippen MR) is 64.6 cm³/mol. The Bertz CT molecular complexity index is 537. The minimum atomic E-state index is 0.208. The zero-order valence-corrected chi connectivity index (χ0v) is 9.20. The summed E-state index contributed by atoms with van der Waals surface area (Å²) in [6.07, 6.45) is 1.77. The summed E-state index contributed by atoms with van der Waals surface area (Å²) in [5.41, 5.74) is 1.39. The second-order valence-electron chi connectivity index (χ2n) is 3.22. The molecule has 4 heteroatoms. The number of rotatable bonds is 1. The van der Waals surface area contributed by atoms with E-state index in [9.17, 15) is 0 Å². The van der Waals surface area contributed by atoms with E-state index in [-0.39, 0.29) is 5.84 Å². The lowest BCUT2D eigenvalue weighted by atomic mass is 10.2. The van der Waals surface area contributed by atoms with Crippen molar-refractivity contribution in [1.82, 2.24) is 4.98 Å². The number of halogens is 1. The summed E-state index contributed by atoms with van der Waals surface area (Å²) in [6, 6.07) is 12.6. The molecule has 0 aliphatic rings. The molecule has 0 aliphatic heterocycles. The average molecular weight is 232 g/mol. The van der Waals surface area contributed by atoms with Crippen molar-refractivity contribution in [2.75, 3.05) is 0 Å². The molecule has 0 radical (unpaired) electrons. The molecule has 2 rings (SSSR count). The molecule has 0 bridgehead atoms. The van der Waals surface area contributed by atoms with Gasteiger partial charge >= 0.3 is 0 Å². The van der Waals surface area contributed by atoms with Crippen molar-refractivity contribution >= 4 is 17.4 Å². The minimum Gasteiger partial charge on any atom is -0.347 e. The van der Waals surface area contributed by atoms with Crippen molar-refractivity contribution in [2.45, 2.75) is 0 Å². The van der Waals surface area contributed by atoms with Gasteiger partial charge in [0.25, 0.3) is 0 Å². The summed E-state index contributed by atoms with van der Waals surface area (Å²) in [6.45, 7) is 0. The molecule has 0 aliphatic carbocycles. The van der Waals surface area contributed by atoms with Crippen molar-refractivity contribution < 1.29 is 0 Å². The smallest absolute Gasteiger partial charge is 0.154 e. The number of hydrogen-bond donors (Lipinski definition) is 2. The van der Waals surface area contributed by atoms with Crippen LogP contribution in [-0.4, -0.2) is 10.8 Å². The normalized spacial score (nSPS) is 11.4. The van der Waals surface area contributed by atoms with Crippen molar-refractivity contribution in [3.63, 3.8) is 0 Å². The third-order valence-electron chi connectivity index (χ3n) is 2.04. The molecule has 0 amide bonds. The second-order valence-corrected chi connectivity index (χ2v) is 3.65. The largest absolute Gasteiger partial charge is 0.347 e. The Morgan fingerprint density at radius 3 is 2.50 bits per heavy atom. The number of amidine groups is 1. The van der Waals surface area contributed by atoms with Gasteiger partial charge in [-0.05, 0) is 36.4 Å². The SMILES string of the molecule is N=C(/N=c1/cccc[nH]1)c1ccc(Cl)cc1. The predicted octanol–water partition coefficient (Wildman–Crippen LogP) is 2.59. The Morgan fingerprint density at radius 2 is 1.88 bits per heavy atom. The number of nitrogens with zero attached hydrogens (tertiary/aromatic N) is 1. The number of aromatic nitrogens is 1. The summed E-state index contributed by atoms with van der Waals surface area (Å²) in [7, 11) is 0. The molecule has 2 aromatic rings. The van der Waals surface area contributed by atoms with E-state index in [1.54, 1.807) is 30.5 Å². The molecule has 0 saturated heterocycles. The van der Waals surface area contributed by atoms with E-state index < -0.39 is 0 Å². The number of aromatic amines is 1. The van der Waals surface area contributed by atoms with Gasteiger partial charge in [0, 0.05) is 16.8 Å². The van der Waals surface area contributed by atoms with Gasteiger partial charge in [0.05, 0.1) is 0 Å². The van der Waals surface area contributed by atoms with Gasteiger partial charge in [-0.15, -0.1) is 0 Å². The summed E-state index contributed by atoms with van der Waals surface area (Å²) in [5, 5.41) is 8.46. The van der Waals surface area contributed by atoms with Crippen LogP contribution in [0.5, 0.6) is 0 Å². The first-order valence-corrected chi connectivity index (χ1v) is 5.16. The van der Waals surface area contributed by atoms with Crippen LogP contribution in [0.1, 0.15) is 5.56 Å². The lowest BCUT2D eigenvalue weighted by Gasteiger charge is -1.97. The maximum absolute atomic E-state index is 7.81. The maximum Gasteiger partial charge on any atom is 0.154 e. The summed E-state index contributed by atoms with van der Waals surface area (Å²) >= 11 is 5.77. The van der Waals surface area contributed by atoms with Gasteiger partial charge in [-0.1, -0.05) is 17.7 Å². The van der Waals surface area contributed by atoms with Crippen LogP contribution in [0.15, 0.2) is 53.7 Å². The first-order valence-electron chi connectivity index (χ1n) is 4.78. The standard InChI is InChI=1S/C12H10ClN3/c13-10-6-4-9(5-7-10)12(14)16-11-3-1-2-8-15-11/h1-8H,(H2,14,15,16). The minimum absolute atomic E-state index is 0.208. The molecule has 1 aromatic carbocycles. The molecule has 16 heavy (non-hydrogen) atoms. The monoisotopic (exact) mass is 231 g/mol. The molecule has 0 spiro atoms. The molecule has 0 fully saturated rings. The lowest BCUT2D eigenvalue weighted by molar-refractivity contribution is 1.15. The van der Waals surface area contributed by atoms with Crippen LogP contribution in [0.25, 0.3) is 0 Å². The topological polar surface area (TPSA) is 52.0 Å². The fourth-order valence-corrected chi connectivity index (χ4v) is 1.37. The highest BCUT2D eigenvalue weighted by molar-refractivity contribution is 6.30. The van der Waals surface area contributed by atoms with Crippen LogP contribution < -0.4 is 5.49 Å². The molecular formula is C12H10ClN3. The average Bonchev–Trinajstić information content (AvgIpc) is 2.31. The highest BCUT2D eigenvalue weighted by Gasteiger charge is 1.98. The molecule has 0 saturated carbocycles. The molecule has 1 heterocycles. The van der Waals surface area contributed by atoms with E-state index >= 15 is 0 Å². The number of H-pyrrole nitrogens is 1. The van der Waals surface area contributed by atoms with Gasteiger partial charge in [0.15, 0.2) is 5.84 Å². The van der Waals surface area contributed by atoms with Crippen LogP contribution in [0.3, 0.4) is 0 Å². The Labute approximate surface area is 98.0 Å². The van der Waals surface area contributed by atoms with Crippen molar-refractivity contribution in [3.05, 3.63) is 64.7 Å². The van der Waals surface area contributed by atoms with E-state index in [1.807, 2.05) is 18.2 Å². The summed E-state index contributed by atoms with van der Waals surface area (Å²) in [4.78, 5) is 7.09. The molecule has 0 unspecified atom stereocenters. The second kappa shape index (κ2) is 4.77. The summed E-state index contributed by atoms with van der Waals surface area (Å²) < 4.78 is 0. The molecule has 0 atom stereocenters. The highest BCUT2D eigenvalue weighted by Crippen LogP contribution is 2.09. The Morgan fingerprint density at radius 1 is 1.12 bits per heavy atom. The zero-order chi connectivity index (χ0) is 11.4. The van der Waals surface area contributed by atoms with Crippen LogP contribution >= 0.6 is 11.6 Å². The van der Waals surface area contributed by atoms with Crippen molar-refractivity contribution in [1.29, 1.82) is 5.41 Å². The van der Waals surface area contributed by atoms with E-state index in [0.29, 0.717) is 10.5 Å². The molecular weight excluding hydrogens is 222 g/mol. The van der Waals surface area contributed by atoms with E-state index in [2.05, 4.69) is 9.98 Å². The van der Waals surface area contributed by atoms with Crippen LogP contribution in [0.2, 0.25) is 5.02 Å². The van der Waals surface area contributed by atoms with Gasteiger partial charge in [-0.25, -0.2) is 4.99 Å². The van der Waals surface area contributed by atoms with Gasteiger partial charge in [0.1, 0.15) is 5.49 Å². The fourth-order valence-electron chi connectivity index (χ4n) is 1.25. The molecule has 2 N–H and O–H groups in total. The fraction of sp³-hybridized carbons (Fsp3) is 0. The molecule has 3 nitrogen and oxygen atoms in total. The molecule has 80 valence electrons. The Hall–Kier alpha value is -1.87. The lowest BCUT2D eigenvalue weighted by Crippen LogP contribution is -2.09. The maximum atomic E-state index is 7.81. The van der Waals surface area contributed by atoms with E-state index in [4.69, 9.17) is 17.0 Å². The molecule has 1 aromatic heterocycles. The first kappa shape index (κ1) is 10.6. The van der Waals surface area contributed by atoms with E-state index in [1.165, 1.54) is 0 Å². The quantitative estimate of drug-likeness (QED) is 0.560. The van der Waals surface area contributed by atoms with E-state index in [0.717, 1.165) is 5.56 Å². The summed E-state index contributed by atoms with van der Waals surface area (Å²) in [5.74, 6) is 0.208. The first-order chi connectivity index (χ1) is 7.75. The number of benzene rings is 1. The number of nitrogens with one attached hydrogen (secondary N) is 2. The van der Waals surface area contributed by atoms with Crippen molar-refractivity contribution in [2.24, 2.45) is 4.99 Å². The number of pyridine rings is 1. The number of hydrogen-bond acceptors (Lipinski definition) is 1. The van der Waals surface area contributed by atoms with Crippen LogP contribution in [0, 0.1) is 5.41 Å².